The van der Waals surface area contributed by atoms with Gasteiger partial charge in [0.2, 0.25) is 5.91 Å². The van der Waals surface area contributed by atoms with Crippen molar-refractivity contribution in [3.05, 3.63) is 105 Å². The van der Waals surface area contributed by atoms with E-state index in [2.05, 4.69) is 73.0 Å². The Hall–Kier alpha value is -3.60. The van der Waals surface area contributed by atoms with E-state index in [9.17, 15) is 51.3 Å². The van der Waals surface area contributed by atoms with Gasteiger partial charge in [-0.1, -0.05) is 13.8 Å². The predicted molar refractivity (Wildman–Crippen MR) is 365 cm³/mol. The van der Waals surface area contributed by atoms with Gasteiger partial charge in [-0.3, -0.25) is 19.3 Å². The number of carbonyl (C=O) groups is 3. The van der Waals surface area contributed by atoms with Crippen LogP contribution >= 0.6 is 24.0 Å². The third kappa shape index (κ3) is 37.5. The number of thiophene rings is 1. The third-order valence-corrected chi connectivity index (χ3v) is 16.2. The molecular formula is C67H94F6K2N11NaO12S2. The first kappa shape index (κ1) is 102. The largest absolute Gasteiger partial charge is 1.00 e. The van der Waals surface area contributed by atoms with Crippen LogP contribution in [0.4, 0.5) is 49.1 Å². The van der Waals surface area contributed by atoms with Crippen LogP contribution in [-0.2, 0) is 14.5 Å². The quantitative estimate of drug-likeness (QED) is 0.0153. The van der Waals surface area contributed by atoms with E-state index in [0.29, 0.717) is 117 Å². The van der Waals surface area contributed by atoms with E-state index in [1.165, 1.54) is 41.7 Å². The molecule has 4 fully saturated rings. The Morgan fingerprint density at radius 2 is 0.970 bits per heavy atom. The van der Waals surface area contributed by atoms with E-state index >= 15 is 0 Å². The standard InChI is InChI=1S/C16H21N3O3S.C14H17FN2O2.C12H12F2N2O.C8H19N.C7H2F3N.C5H11NO.C2H5NOS.C2H5O.CH2O3.2K.Na.H/c1-2-22-11-7-9(19-5-3-10(20)4-6-19)8-12-13(11)14(17)15(23-12)16(18)21;1-2-19-14-8-10(7-13(15)12(14)9-16)17-5-3-11(18)4-6-17;13-11-5-8(6-12(14)10(11)7-15)16-3-1-9(17)2-4-16;1-6-9(7(2)3)8(4)5;8-4-1-6(9)5(3-11)7(10)2-4;7-5-1-3-6-4-2-5;3-2(4)1-5;1-2-3;2-1-4-3;;;;/h7-8,10,20H,2-6,17H2,1H3,(H2,18,21);7-8,11,18H,2-6H2,1H3;5-6,9,17H,1-4H2;7-8H,6H2,1-5H3;1-2H;5-7H,1-4H2;5H,1H2,(H2,3,4);2H2,1H3;1,3H;;;;/q;;;;;;;-1;;3*+1;-1/p-1. The second kappa shape index (κ2) is 56.7. The molecule has 11 N–H and O–H groups in total. The molecular weight excluding hydrogens is 1430 g/mol. The van der Waals surface area contributed by atoms with Crippen molar-refractivity contribution in [2.45, 2.75) is 143 Å². The zero-order chi connectivity index (χ0) is 74.2. The van der Waals surface area contributed by atoms with E-state index in [1.54, 1.807) is 24.8 Å². The van der Waals surface area contributed by atoms with Gasteiger partial charge in [0, 0.05) is 97.4 Å². The van der Waals surface area contributed by atoms with E-state index in [-0.39, 0.29) is 194 Å². The average Bonchev–Trinajstić information content (AvgIpc) is 1.61. The van der Waals surface area contributed by atoms with Gasteiger partial charge in [0.25, 0.3) is 12.4 Å². The van der Waals surface area contributed by atoms with E-state index in [1.807, 2.05) is 30.0 Å². The Balaban J connectivity index is -0.000000559. The zero-order valence-electron chi connectivity index (χ0n) is 60.6. The van der Waals surface area contributed by atoms with Crippen molar-refractivity contribution in [3.63, 3.8) is 0 Å². The first-order valence-electron chi connectivity index (χ1n) is 31.7. The number of aliphatic hydroxyl groups is 4. The van der Waals surface area contributed by atoms with Crippen molar-refractivity contribution in [2.24, 2.45) is 11.5 Å². The van der Waals surface area contributed by atoms with Crippen LogP contribution < -0.4 is 189 Å². The van der Waals surface area contributed by atoms with Crippen molar-refractivity contribution in [1.29, 1.82) is 15.8 Å². The predicted octanol–water partition coefficient (Wildman–Crippen LogP) is -2.04. The Morgan fingerprint density at radius 3 is 1.26 bits per heavy atom. The van der Waals surface area contributed by atoms with Crippen molar-refractivity contribution >= 4 is 75.1 Å². The molecule has 0 unspecified atom stereocenters. The number of ether oxygens (including phenoxy) is 2. The number of nitrogens with two attached hydrogens (primary N) is 3. The maximum absolute atomic E-state index is 13.9. The zero-order valence-corrected chi connectivity index (χ0v) is 69.5. The number of anilines is 4. The van der Waals surface area contributed by atoms with Crippen LogP contribution in [0.1, 0.15) is 135 Å². The van der Waals surface area contributed by atoms with Gasteiger partial charge in [-0.15, -0.1) is 17.9 Å². The number of nitrogens with one attached hydrogen (secondary N) is 1. The normalized spacial score (nSPS) is 14.1. The molecule has 2 amide bonds. The summed E-state index contributed by atoms with van der Waals surface area (Å²) in [4.78, 5) is 41.2. The van der Waals surface area contributed by atoms with Gasteiger partial charge in [0.1, 0.15) is 86.2 Å². The summed E-state index contributed by atoms with van der Waals surface area (Å²) in [5.74, 6) is -5.42. The number of hydrogen-bond acceptors (Lipinski definition) is 23. The first-order valence-corrected chi connectivity index (χ1v) is 33.2. The van der Waals surface area contributed by atoms with Gasteiger partial charge in [-0.25, -0.2) is 26.3 Å². The number of hydrogen-bond donors (Lipinski definition) is 9. The maximum atomic E-state index is 13.9. The molecule has 4 saturated heterocycles. The minimum Gasteiger partial charge on any atom is -1.00 e. The number of piperidine rings is 4. The van der Waals surface area contributed by atoms with Crippen LogP contribution in [0.25, 0.3) is 10.1 Å². The molecule has 546 valence electrons. The Morgan fingerprint density at radius 1 is 0.653 bits per heavy atom. The summed E-state index contributed by atoms with van der Waals surface area (Å²) in [7, 11) is 0. The molecule has 0 radical (unpaired) electrons. The van der Waals surface area contributed by atoms with Crippen molar-refractivity contribution in [1.82, 2.24) is 10.2 Å². The van der Waals surface area contributed by atoms with Gasteiger partial charge >= 0.3 is 132 Å². The molecule has 101 heavy (non-hydrogen) atoms. The molecule has 4 aliphatic heterocycles. The van der Waals surface area contributed by atoms with Crippen molar-refractivity contribution in [2.75, 3.05) is 105 Å². The van der Waals surface area contributed by atoms with Gasteiger partial charge in [-0.2, -0.15) is 28.4 Å². The summed E-state index contributed by atoms with van der Waals surface area (Å²) in [5, 5.41) is 84.3. The summed E-state index contributed by atoms with van der Waals surface area (Å²) in [6.07, 6.45) is 5.03. The monoisotopic (exact) mass is 1520 g/mol. The molecule has 0 bridgehead atoms. The fourth-order valence-corrected chi connectivity index (χ4v) is 11.0. The number of aliphatic hydroxyl groups excluding tert-OH is 4. The van der Waals surface area contributed by atoms with Crippen LogP contribution in [0, 0.1) is 68.9 Å². The second-order valence-electron chi connectivity index (χ2n) is 22.3. The number of nitriles is 3. The molecule has 4 aliphatic rings. The fraction of sp³-hybridized carbons (Fsp3) is 0.522. The number of nitrogen functional groups attached to an aromatic ring is 1. The number of rotatable bonds is 13. The van der Waals surface area contributed by atoms with Crippen LogP contribution in [-0.4, -0.2) is 165 Å². The number of amides is 2. The molecule has 0 aliphatic carbocycles. The van der Waals surface area contributed by atoms with Crippen LogP contribution in [0.2, 0.25) is 0 Å². The van der Waals surface area contributed by atoms with E-state index in [0.717, 1.165) is 74.2 Å². The minimum absolute atomic E-state index is 0. The summed E-state index contributed by atoms with van der Waals surface area (Å²) in [6, 6.07) is 16.3. The van der Waals surface area contributed by atoms with Crippen LogP contribution in [0.5, 0.6) is 11.5 Å². The van der Waals surface area contributed by atoms with Crippen molar-refractivity contribution in [3.8, 4) is 29.7 Å². The molecule has 34 heteroatoms. The van der Waals surface area contributed by atoms with Gasteiger partial charge in [-0.05, 0) is 137 Å². The molecule has 9 rings (SSSR count). The Bertz CT molecular complexity index is 3310. The number of thiol groups is 1. The second-order valence-corrected chi connectivity index (χ2v) is 23.7. The SMILES string of the molecule is CCN(C(C)C)C(C)C.CCOc1cc(N2CCC(O)CC2)cc(F)c1C#N.CCOc1cc(N2CCC(O)CC2)cc2sc(C(N)=O)c(N)c12.CC[O-].N#Cc1c(F)cc(F)cc1F.N#Cc1c(F)cc(N2CCC(O)CC2)cc1F.NC(=O)CS.O=CO[O-].OC1CCNCC1.[H-].[K+].[K+].[Na+]. The number of carbonyl (C=O) groups excluding carboxylic acids is 3. The van der Waals surface area contributed by atoms with Crippen molar-refractivity contribution < 1.29 is 220 Å². The Kier molecular flexibility index (Phi) is 57.0. The van der Waals surface area contributed by atoms with Crippen LogP contribution in [0.15, 0.2) is 48.5 Å². The van der Waals surface area contributed by atoms with Gasteiger partial charge in [0.05, 0.1) is 54.5 Å². The molecule has 5 heterocycles. The molecule has 23 nitrogen and oxygen atoms in total. The number of nitrogens with zero attached hydrogens (tertiary/aromatic N) is 7. The summed E-state index contributed by atoms with van der Waals surface area (Å²) < 4.78 is 89.6. The first-order chi connectivity index (χ1) is 46.5. The summed E-state index contributed by atoms with van der Waals surface area (Å²) >= 11 is 4.84. The maximum Gasteiger partial charge on any atom is 1.00 e. The molecule has 5 aromatic rings. The Labute approximate surface area is 706 Å². The third-order valence-electron chi connectivity index (χ3n) is 14.7. The summed E-state index contributed by atoms with van der Waals surface area (Å²) in [6.45, 7) is 24.4. The van der Waals surface area contributed by atoms with E-state index in [4.69, 9.17) is 57.0 Å². The number of halogens is 6. The molecule has 4 aromatic carbocycles. The van der Waals surface area contributed by atoms with Gasteiger partial charge in [0.15, 0.2) is 0 Å². The minimum atomic E-state index is -1.18. The average molecular weight is 1520 g/mol. The number of benzene rings is 4. The smallest absolute Gasteiger partial charge is 1.00 e. The molecule has 0 atom stereocenters. The topological polar surface area (TPSA) is 380 Å². The molecule has 0 saturated carbocycles. The molecule has 1 aromatic heterocycles. The number of fused-ring (bicyclic) bond motifs is 1. The van der Waals surface area contributed by atoms with E-state index < -0.39 is 51.9 Å². The fourth-order valence-electron chi connectivity index (χ4n) is 9.97. The van der Waals surface area contributed by atoms with Crippen LogP contribution in [0.3, 0.4) is 0 Å². The van der Waals surface area contributed by atoms with Gasteiger partial charge < -0.3 is 83.8 Å². The number of primary amides is 2. The summed E-state index contributed by atoms with van der Waals surface area (Å²) in [5.41, 5.74) is 17.3. The molecule has 0 spiro atoms.